The highest BCUT2D eigenvalue weighted by Gasteiger charge is 2.64. The Balaban J connectivity index is 1.37. The Hall–Kier alpha value is -5.05. The molecule has 30 atom stereocenters. The zero-order valence-electron chi connectivity index (χ0n) is 69.4. The maximum atomic E-state index is 13.8. The number of carboxylic acid groups (broad SMARTS) is 3. The molecule has 0 spiro atoms. The average Bonchev–Trinajstić information content (AvgIpc) is 0.738. The molecule has 5 aliphatic rings. The lowest BCUT2D eigenvalue weighted by Crippen LogP contribution is -2.72. The molecule has 0 aromatic carbocycles. The number of allylic oxidation sites excluding steroid dienone is 1. The first-order valence-corrected chi connectivity index (χ1v) is 42.3. The number of carbonyl (C=O) groups is 7. The van der Waals surface area contributed by atoms with Gasteiger partial charge in [-0.3, -0.25) is 19.2 Å². The van der Waals surface area contributed by atoms with Crippen molar-refractivity contribution in [2.75, 3.05) is 39.6 Å². The summed E-state index contributed by atoms with van der Waals surface area (Å²) in [6.07, 6.45) is -25.2. The maximum absolute atomic E-state index is 13.8. The van der Waals surface area contributed by atoms with E-state index in [0.717, 1.165) is 85.0 Å². The first kappa shape index (κ1) is 105. The minimum Gasteiger partial charge on any atom is -0.477 e. The zero-order chi connectivity index (χ0) is 89.2. The van der Waals surface area contributed by atoms with Crippen LogP contribution in [0.25, 0.3) is 0 Å². The molecule has 0 aliphatic carbocycles. The second-order valence-electron chi connectivity index (χ2n) is 32.2. The molecular formula is C79H138N4O37. The molecule has 0 aromatic heterocycles. The van der Waals surface area contributed by atoms with Crippen LogP contribution in [0.15, 0.2) is 12.2 Å². The molecule has 0 saturated carbocycles. The first-order valence-electron chi connectivity index (χ1n) is 42.3. The standard InChI is InChI=1S/C79H138N4O37/c1-6-8-10-12-14-16-18-20-22-24-26-28-30-32-47(92)46(83-56(97)33-31-29-27-25-23-21-19-17-15-13-11-9-7-2)42-111-72-65(103)64(102)67(55(41-88)113-72)114-73-66(104)71(61(99)52(38-85)112-73)120-79(76(109)110)36-50(95)59(82-45(5)91)70(119-79)63(101)54(40-87)116-78(75(107)108)35-49(94)58(81-44(4)90)69(118-78)62(100)53(39-86)115-77(74(105)106)34-48(93)57(80-43(3)89)68(117-77)60(98)51(96)37-84/h30,32,46-55,57-73,84-88,92-96,98-104H,6-29,31,33-42H2,1-5H3,(H,80,89)(H,81,90)(H,82,91)(H,83,97)(H,105,106)(H,107,108)(H,109,110). The summed E-state index contributed by atoms with van der Waals surface area (Å²) < 4.78 is 58.1. The van der Waals surface area contributed by atoms with Crippen LogP contribution in [0, 0.1) is 0 Å². The van der Waals surface area contributed by atoms with Gasteiger partial charge in [0.15, 0.2) is 12.6 Å². The summed E-state index contributed by atoms with van der Waals surface area (Å²) in [7, 11) is 0. The van der Waals surface area contributed by atoms with Gasteiger partial charge in [-0.2, -0.15) is 0 Å². The normalized spacial score (nSPS) is 33.1. The number of unbranched alkanes of at least 4 members (excludes halogenated alkanes) is 23. The number of amides is 4. The molecule has 0 aromatic rings. The molecule has 696 valence electrons. The van der Waals surface area contributed by atoms with Crippen molar-refractivity contribution in [1.29, 1.82) is 0 Å². The number of nitrogens with one attached hydrogen (secondary N) is 4. The van der Waals surface area contributed by atoms with Gasteiger partial charge in [-0.1, -0.05) is 167 Å². The highest BCUT2D eigenvalue weighted by Crippen LogP contribution is 2.43. The highest BCUT2D eigenvalue weighted by atomic mass is 16.8. The minimum atomic E-state index is -3.57. The van der Waals surface area contributed by atoms with Gasteiger partial charge in [0.25, 0.3) is 17.4 Å². The third kappa shape index (κ3) is 30.6. The van der Waals surface area contributed by atoms with Gasteiger partial charge in [0, 0.05) is 46.5 Å². The zero-order valence-corrected chi connectivity index (χ0v) is 69.4. The summed E-state index contributed by atoms with van der Waals surface area (Å²) in [6.45, 7) is -0.104. The van der Waals surface area contributed by atoms with E-state index in [9.17, 15) is 136 Å². The third-order valence-electron chi connectivity index (χ3n) is 22.5. The van der Waals surface area contributed by atoms with Gasteiger partial charge < -0.3 is 171 Å². The van der Waals surface area contributed by atoms with Gasteiger partial charge in [0.2, 0.25) is 23.6 Å². The van der Waals surface area contributed by atoms with E-state index in [1.807, 2.05) is 0 Å². The van der Waals surface area contributed by atoms with Crippen LogP contribution in [0.1, 0.15) is 221 Å². The number of aliphatic hydroxyl groups is 17. The van der Waals surface area contributed by atoms with Crippen LogP contribution in [0.4, 0.5) is 0 Å². The second kappa shape index (κ2) is 52.8. The fourth-order valence-corrected chi connectivity index (χ4v) is 15.8. The van der Waals surface area contributed by atoms with Gasteiger partial charge in [-0.05, 0) is 19.3 Å². The Morgan fingerprint density at radius 1 is 0.450 bits per heavy atom. The van der Waals surface area contributed by atoms with Crippen molar-refractivity contribution >= 4 is 41.5 Å². The van der Waals surface area contributed by atoms with E-state index < -0.39 is 283 Å². The van der Waals surface area contributed by atoms with E-state index in [-0.39, 0.29) is 6.42 Å². The van der Waals surface area contributed by atoms with Crippen LogP contribution < -0.4 is 21.3 Å². The largest absolute Gasteiger partial charge is 0.477 e. The van der Waals surface area contributed by atoms with Gasteiger partial charge in [-0.25, -0.2) is 14.4 Å². The van der Waals surface area contributed by atoms with E-state index in [1.54, 1.807) is 6.08 Å². The Morgan fingerprint density at radius 2 is 0.833 bits per heavy atom. The third-order valence-corrected chi connectivity index (χ3v) is 22.5. The van der Waals surface area contributed by atoms with Crippen LogP contribution in [0.3, 0.4) is 0 Å². The fraction of sp³-hybridized carbons (Fsp3) is 0.886. The molecule has 41 heteroatoms. The SMILES string of the molecule is CCCCCCCCCCCCCC=CC(O)C(COC1OC(CO)C(OC2OC(CO)C(O)C(OC3(C(=O)O)CC(O)C(NC(C)=O)C(C(O)C(CO)OC4(C(=O)O)CC(O)C(NC(C)=O)C(C(O)C(CO)OC5(C(=O)O)CC(O)C(NC(C)=O)C(C(O)C(O)CO)O5)O4)O3)C2O)C(O)C1O)NC(=O)CCCCCCCCCCCCCCC. The Labute approximate surface area is 698 Å². The lowest BCUT2D eigenvalue weighted by Gasteiger charge is -2.51. The second-order valence-corrected chi connectivity index (χ2v) is 32.2. The molecular weight excluding hydrogens is 1600 g/mol. The van der Waals surface area contributed by atoms with Crippen LogP contribution in [0.2, 0.25) is 0 Å². The van der Waals surface area contributed by atoms with Crippen LogP contribution >= 0.6 is 0 Å². The maximum Gasteiger partial charge on any atom is 0.364 e. The highest BCUT2D eigenvalue weighted by molar-refractivity contribution is 5.79. The number of carbonyl (C=O) groups excluding carboxylic acids is 4. The predicted octanol–water partition coefficient (Wildman–Crippen LogP) is -3.27. The monoisotopic (exact) mass is 1730 g/mol. The van der Waals surface area contributed by atoms with Crippen LogP contribution in [0.5, 0.6) is 0 Å². The number of hydrogen-bond acceptors (Lipinski definition) is 34. The smallest absolute Gasteiger partial charge is 0.364 e. The summed E-state index contributed by atoms with van der Waals surface area (Å²) in [5, 5.41) is 235. The topological polar surface area (TPSA) is 665 Å². The summed E-state index contributed by atoms with van der Waals surface area (Å²) in [6, 6.07) is -7.02. The fourth-order valence-electron chi connectivity index (χ4n) is 15.8. The number of aliphatic carboxylic acids is 3. The number of rotatable bonds is 57. The van der Waals surface area contributed by atoms with Gasteiger partial charge >= 0.3 is 17.9 Å². The van der Waals surface area contributed by atoms with Crippen molar-refractivity contribution in [2.24, 2.45) is 0 Å². The summed E-state index contributed by atoms with van der Waals surface area (Å²) >= 11 is 0. The van der Waals surface area contributed by atoms with E-state index in [1.165, 1.54) is 89.5 Å². The van der Waals surface area contributed by atoms with Gasteiger partial charge in [0.05, 0.1) is 88.2 Å². The van der Waals surface area contributed by atoms with E-state index in [0.29, 0.717) is 12.8 Å². The average molecular weight is 1740 g/mol. The molecule has 5 saturated heterocycles. The quantitative estimate of drug-likeness (QED) is 0.0210. The predicted molar refractivity (Wildman–Crippen MR) is 415 cm³/mol. The molecule has 0 radical (unpaired) electrons. The Morgan fingerprint density at radius 3 is 1.23 bits per heavy atom. The molecule has 4 amide bonds. The van der Waals surface area contributed by atoms with Crippen molar-refractivity contribution in [2.45, 2.75) is 403 Å². The van der Waals surface area contributed by atoms with E-state index in [2.05, 4.69) is 35.1 Å². The lowest BCUT2D eigenvalue weighted by atomic mass is 9.86. The van der Waals surface area contributed by atoms with Crippen molar-refractivity contribution in [1.82, 2.24) is 21.3 Å². The Bertz CT molecular complexity index is 3060. The van der Waals surface area contributed by atoms with Crippen molar-refractivity contribution in [3.8, 4) is 0 Å². The van der Waals surface area contributed by atoms with E-state index in [4.69, 9.17) is 47.4 Å². The first-order chi connectivity index (χ1) is 57.0. The van der Waals surface area contributed by atoms with Gasteiger partial charge in [-0.15, -0.1) is 0 Å². The molecule has 5 heterocycles. The van der Waals surface area contributed by atoms with Crippen molar-refractivity contribution in [3.63, 3.8) is 0 Å². The molecule has 0 bridgehead atoms. The minimum absolute atomic E-state index is 0.122. The number of aliphatic hydroxyl groups excluding tert-OH is 17. The molecule has 24 N–H and O–H groups in total. The molecule has 5 rings (SSSR count). The molecule has 5 aliphatic heterocycles. The number of carboxylic acids is 3. The van der Waals surface area contributed by atoms with Crippen LogP contribution in [-0.4, -0.2) is 366 Å². The Kier molecular flexibility index (Phi) is 46.4. The molecule has 30 unspecified atom stereocenters. The molecule has 41 nitrogen and oxygen atoms in total. The number of hydrogen-bond donors (Lipinski definition) is 24. The summed E-state index contributed by atoms with van der Waals surface area (Å²) in [5.74, 6) is -20.6. The van der Waals surface area contributed by atoms with E-state index >= 15 is 0 Å². The summed E-state index contributed by atoms with van der Waals surface area (Å²) in [4.78, 5) is 92.0. The summed E-state index contributed by atoms with van der Waals surface area (Å²) in [5.41, 5.74) is 0. The van der Waals surface area contributed by atoms with Crippen molar-refractivity contribution < 1.29 is 183 Å². The van der Waals surface area contributed by atoms with Crippen LogP contribution in [-0.2, 0) is 80.9 Å². The number of ether oxygens (including phenoxy) is 10. The van der Waals surface area contributed by atoms with Crippen molar-refractivity contribution in [3.05, 3.63) is 12.2 Å². The van der Waals surface area contributed by atoms with Gasteiger partial charge in [0.1, 0.15) is 104 Å². The molecule has 5 fully saturated rings. The lowest BCUT2D eigenvalue weighted by molar-refractivity contribution is -0.388. The molecule has 120 heavy (non-hydrogen) atoms.